The molecule has 0 aromatic carbocycles. The Labute approximate surface area is 71.4 Å². The van der Waals surface area contributed by atoms with Gasteiger partial charge in [-0.3, -0.25) is 0 Å². The quantitative estimate of drug-likeness (QED) is 0.632. The van der Waals surface area contributed by atoms with Crippen molar-refractivity contribution < 1.29 is 4.79 Å². The molecule has 64 valence electrons. The number of rotatable bonds is 3. The summed E-state index contributed by atoms with van der Waals surface area (Å²) in [6.45, 7) is 0. The molecule has 1 aromatic rings. The standard InChI is InChI=1S/C9H12N2O/c12-5-4-8-6-11(7-10-8)9-2-1-3-9/h5-7,9H,1-4H2. The van der Waals surface area contributed by atoms with Gasteiger partial charge in [0.25, 0.3) is 0 Å². The average molecular weight is 164 g/mol. The monoisotopic (exact) mass is 164 g/mol. The molecule has 1 aliphatic rings. The van der Waals surface area contributed by atoms with E-state index in [9.17, 15) is 4.79 Å². The number of nitrogens with zero attached hydrogens (tertiary/aromatic N) is 2. The molecule has 1 aromatic heterocycles. The number of aromatic nitrogens is 2. The van der Waals surface area contributed by atoms with E-state index < -0.39 is 0 Å². The van der Waals surface area contributed by atoms with Crippen LogP contribution >= 0.6 is 0 Å². The molecule has 0 unspecified atom stereocenters. The van der Waals surface area contributed by atoms with Crippen molar-refractivity contribution in [1.82, 2.24) is 9.55 Å². The van der Waals surface area contributed by atoms with Crippen LogP contribution in [0.25, 0.3) is 0 Å². The lowest BCUT2D eigenvalue weighted by molar-refractivity contribution is -0.107. The number of hydrogen-bond acceptors (Lipinski definition) is 2. The van der Waals surface area contributed by atoms with Crippen molar-refractivity contribution in [3.05, 3.63) is 18.2 Å². The van der Waals surface area contributed by atoms with E-state index in [2.05, 4.69) is 9.55 Å². The summed E-state index contributed by atoms with van der Waals surface area (Å²) in [5.74, 6) is 0. The Balaban J connectivity index is 2.07. The van der Waals surface area contributed by atoms with Crippen molar-refractivity contribution in [2.45, 2.75) is 31.7 Å². The zero-order valence-corrected chi connectivity index (χ0v) is 6.94. The largest absolute Gasteiger partial charge is 0.334 e. The van der Waals surface area contributed by atoms with Gasteiger partial charge in [0, 0.05) is 18.7 Å². The Hall–Kier alpha value is -1.12. The van der Waals surface area contributed by atoms with Crippen molar-refractivity contribution in [3.63, 3.8) is 0 Å². The van der Waals surface area contributed by atoms with Crippen LogP contribution in [0.4, 0.5) is 0 Å². The lowest BCUT2D eigenvalue weighted by atomic mass is 9.93. The molecular formula is C9H12N2O. The molecule has 0 N–H and O–H groups in total. The van der Waals surface area contributed by atoms with Gasteiger partial charge >= 0.3 is 0 Å². The maximum atomic E-state index is 10.2. The van der Waals surface area contributed by atoms with Crippen molar-refractivity contribution in [2.75, 3.05) is 0 Å². The first-order chi connectivity index (χ1) is 5.90. The SMILES string of the molecule is O=CCc1cn(C2CCC2)cn1. The van der Waals surface area contributed by atoms with Crippen LogP contribution < -0.4 is 0 Å². The maximum Gasteiger partial charge on any atom is 0.125 e. The van der Waals surface area contributed by atoms with E-state index in [1.807, 2.05) is 12.5 Å². The molecule has 0 amide bonds. The zero-order valence-electron chi connectivity index (χ0n) is 6.94. The summed E-state index contributed by atoms with van der Waals surface area (Å²) < 4.78 is 2.13. The molecule has 12 heavy (non-hydrogen) atoms. The molecule has 3 heteroatoms. The molecule has 0 aliphatic heterocycles. The zero-order chi connectivity index (χ0) is 8.39. The van der Waals surface area contributed by atoms with Crippen LogP contribution in [0, 0.1) is 0 Å². The van der Waals surface area contributed by atoms with Gasteiger partial charge in [0.2, 0.25) is 0 Å². The van der Waals surface area contributed by atoms with E-state index >= 15 is 0 Å². The second-order valence-corrected chi connectivity index (χ2v) is 3.27. The van der Waals surface area contributed by atoms with Crippen LogP contribution in [0.2, 0.25) is 0 Å². The summed E-state index contributed by atoms with van der Waals surface area (Å²) >= 11 is 0. The van der Waals surface area contributed by atoms with Gasteiger partial charge in [-0.25, -0.2) is 4.98 Å². The minimum Gasteiger partial charge on any atom is -0.334 e. The first-order valence-corrected chi connectivity index (χ1v) is 4.36. The lowest BCUT2D eigenvalue weighted by Crippen LogP contribution is -2.15. The topological polar surface area (TPSA) is 34.9 Å². The Morgan fingerprint density at radius 3 is 3.08 bits per heavy atom. The molecule has 2 rings (SSSR count). The van der Waals surface area contributed by atoms with Crippen molar-refractivity contribution in [3.8, 4) is 0 Å². The summed E-state index contributed by atoms with van der Waals surface area (Å²) in [5, 5.41) is 0. The van der Waals surface area contributed by atoms with E-state index in [0.29, 0.717) is 12.5 Å². The third-order valence-electron chi connectivity index (χ3n) is 2.44. The minimum atomic E-state index is 0.444. The predicted molar refractivity (Wildman–Crippen MR) is 44.9 cm³/mol. The minimum absolute atomic E-state index is 0.444. The smallest absolute Gasteiger partial charge is 0.125 e. The normalized spacial score (nSPS) is 17.3. The van der Waals surface area contributed by atoms with Crippen LogP contribution in [0.5, 0.6) is 0 Å². The predicted octanol–water partition coefficient (Wildman–Crippen LogP) is 1.35. The highest BCUT2D eigenvalue weighted by molar-refractivity contribution is 5.53. The number of carbonyl (C=O) groups excluding carboxylic acids is 1. The molecule has 1 heterocycles. The van der Waals surface area contributed by atoms with Gasteiger partial charge in [0.1, 0.15) is 6.29 Å². The van der Waals surface area contributed by atoms with E-state index in [1.54, 1.807) is 0 Å². The fourth-order valence-corrected chi connectivity index (χ4v) is 1.45. The summed E-state index contributed by atoms with van der Waals surface area (Å²) in [6, 6.07) is 0.651. The van der Waals surface area contributed by atoms with Crippen LogP contribution in [0.1, 0.15) is 31.0 Å². The Bertz CT molecular complexity index is 276. The van der Waals surface area contributed by atoms with Crippen LogP contribution in [0.15, 0.2) is 12.5 Å². The Morgan fingerprint density at radius 1 is 1.67 bits per heavy atom. The summed E-state index contributed by atoms with van der Waals surface area (Å²) in [4.78, 5) is 14.3. The highest BCUT2D eigenvalue weighted by Gasteiger charge is 2.18. The third kappa shape index (κ3) is 1.26. The summed E-state index contributed by atoms with van der Waals surface area (Å²) in [5.41, 5.74) is 0.886. The third-order valence-corrected chi connectivity index (χ3v) is 2.44. The molecule has 1 fully saturated rings. The number of hydrogen-bond donors (Lipinski definition) is 0. The fourth-order valence-electron chi connectivity index (χ4n) is 1.45. The molecule has 0 radical (unpaired) electrons. The van der Waals surface area contributed by atoms with Gasteiger partial charge in [0.05, 0.1) is 12.0 Å². The van der Waals surface area contributed by atoms with Gasteiger partial charge in [0.15, 0.2) is 0 Å². The van der Waals surface area contributed by atoms with E-state index in [4.69, 9.17) is 0 Å². The van der Waals surface area contributed by atoms with Crippen molar-refractivity contribution in [2.24, 2.45) is 0 Å². The van der Waals surface area contributed by atoms with E-state index in [1.165, 1.54) is 19.3 Å². The number of imidazole rings is 1. The molecule has 1 saturated carbocycles. The van der Waals surface area contributed by atoms with Crippen LogP contribution in [0.3, 0.4) is 0 Å². The maximum absolute atomic E-state index is 10.2. The molecule has 0 atom stereocenters. The first-order valence-electron chi connectivity index (χ1n) is 4.36. The fraction of sp³-hybridized carbons (Fsp3) is 0.556. The molecule has 0 bridgehead atoms. The van der Waals surface area contributed by atoms with Crippen LogP contribution in [-0.2, 0) is 11.2 Å². The molecule has 0 spiro atoms. The number of carbonyl (C=O) groups is 1. The van der Waals surface area contributed by atoms with Gasteiger partial charge in [-0.15, -0.1) is 0 Å². The molecular weight excluding hydrogens is 152 g/mol. The highest BCUT2D eigenvalue weighted by atomic mass is 16.1. The lowest BCUT2D eigenvalue weighted by Gasteiger charge is -2.26. The molecule has 1 aliphatic carbocycles. The summed E-state index contributed by atoms with van der Waals surface area (Å²) in [7, 11) is 0. The van der Waals surface area contributed by atoms with Gasteiger partial charge in [-0.05, 0) is 19.3 Å². The first kappa shape index (κ1) is 7.53. The molecule has 3 nitrogen and oxygen atoms in total. The van der Waals surface area contributed by atoms with Gasteiger partial charge in [-0.2, -0.15) is 0 Å². The van der Waals surface area contributed by atoms with Crippen LogP contribution in [-0.4, -0.2) is 15.8 Å². The van der Waals surface area contributed by atoms with Crippen molar-refractivity contribution >= 4 is 6.29 Å². The van der Waals surface area contributed by atoms with Gasteiger partial charge < -0.3 is 9.36 Å². The number of aldehydes is 1. The van der Waals surface area contributed by atoms with E-state index in [-0.39, 0.29) is 0 Å². The Morgan fingerprint density at radius 2 is 2.50 bits per heavy atom. The second-order valence-electron chi connectivity index (χ2n) is 3.27. The Kier molecular flexibility index (Phi) is 1.94. The molecule has 0 saturated heterocycles. The van der Waals surface area contributed by atoms with Crippen molar-refractivity contribution in [1.29, 1.82) is 0 Å². The van der Waals surface area contributed by atoms with E-state index in [0.717, 1.165) is 12.0 Å². The highest BCUT2D eigenvalue weighted by Crippen LogP contribution is 2.31. The summed E-state index contributed by atoms with van der Waals surface area (Å²) in [6.07, 6.45) is 9.01. The second kappa shape index (κ2) is 3.09. The average Bonchev–Trinajstić information content (AvgIpc) is 2.34. The van der Waals surface area contributed by atoms with Gasteiger partial charge in [-0.1, -0.05) is 0 Å².